The summed E-state index contributed by atoms with van der Waals surface area (Å²) in [4.78, 5) is 30.1. The van der Waals surface area contributed by atoms with Gasteiger partial charge in [0.2, 0.25) is 0 Å². The molecule has 0 unspecified atom stereocenters. The normalized spacial score (nSPS) is 23.5. The van der Waals surface area contributed by atoms with Crippen molar-refractivity contribution >= 4 is 11.9 Å². The number of amides is 3. The van der Waals surface area contributed by atoms with Gasteiger partial charge in [-0.3, -0.25) is 9.69 Å². The molecule has 1 N–H and O–H groups in total. The molecule has 2 aliphatic heterocycles. The van der Waals surface area contributed by atoms with Crippen LogP contribution in [0.15, 0.2) is 60.7 Å². The average Bonchev–Trinajstić information content (AvgIpc) is 2.90. The molecule has 0 aliphatic carbocycles. The molecule has 4 rings (SSSR count). The number of imide groups is 1. The summed E-state index contributed by atoms with van der Waals surface area (Å²) in [7, 11) is 0. The first-order chi connectivity index (χ1) is 13.7. The van der Waals surface area contributed by atoms with Gasteiger partial charge in [-0.25, -0.2) is 9.69 Å². The van der Waals surface area contributed by atoms with Crippen molar-refractivity contribution in [2.24, 2.45) is 0 Å². The molecule has 0 aromatic heterocycles. The van der Waals surface area contributed by atoms with Crippen LogP contribution < -0.4 is 5.32 Å². The minimum atomic E-state index is -1.05. The van der Waals surface area contributed by atoms with Crippen molar-refractivity contribution in [1.82, 2.24) is 15.1 Å². The fraction of sp³-hybridized carbons (Fsp3) is 0.391. The van der Waals surface area contributed by atoms with Gasteiger partial charge in [0.1, 0.15) is 0 Å². The third-order valence-corrected chi connectivity index (χ3v) is 5.79. The number of hydrogen-bond donors (Lipinski definition) is 1. The van der Waals surface area contributed by atoms with Gasteiger partial charge in [-0.1, -0.05) is 73.5 Å². The Bertz CT molecular complexity index is 816. The number of nitrogens with one attached hydrogen (secondary N) is 1. The lowest BCUT2D eigenvalue weighted by Crippen LogP contribution is -2.47. The Hall–Kier alpha value is -2.66. The summed E-state index contributed by atoms with van der Waals surface area (Å²) in [6, 6.07) is 19.2. The van der Waals surface area contributed by atoms with Gasteiger partial charge in [0.15, 0.2) is 5.54 Å². The first-order valence-corrected chi connectivity index (χ1v) is 10.1. The average molecular weight is 377 g/mol. The van der Waals surface area contributed by atoms with Crippen molar-refractivity contribution in [2.45, 2.75) is 37.6 Å². The smallest absolute Gasteiger partial charge is 0.319 e. The summed E-state index contributed by atoms with van der Waals surface area (Å²) >= 11 is 0. The molecule has 2 heterocycles. The quantitative estimate of drug-likeness (QED) is 0.812. The third kappa shape index (κ3) is 3.67. The van der Waals surface area contributed by atoms with E-state index < -0.39 is 5.54 Å². The van der Waals surface area contributed by atoms with E-state index in [2.05, 4.69) is 10.2 Å². The van der Waals surface area contributed by atoms with Crippen LogP contribution in [0.4, 0.5) is 4.79 Å². The molecule has 0 spiro atoms. The number of hydrogen-bond acceptors (Lipinski definition) is 3. The Morgan fingerprint density at radius 3 is 2.07 bits per heavy atom. The van der Waals surface area contributed by atoms with Crippen LogP contribution in [0.2, 0.25) is 0 Å². The topological polar surface area (TPSA) is 52.7 Å². The molecule has 2 fully saturated rings. The van der Waals surface area contributed by atoms with Crippen molar-refractivity contribution in [3.05, 3.63) is 71.8 Å². The molecule has 0 saturated carbocycles. The second kappa shape index (κ2) is 8.15. The molecule has 28 heavy (non-hydrogen) atoms. The lowest BCUT2D eigenvalue weighted by molar-refractivity contribution is -0.133. The SMILES string of the molecule is O=C1N[C@@](Cc2ccccc2)(c2ccccc2)C(=O)N1CN1CCCCCC1. The fourth-order valence-electron chi connectivity index (χ4n) is 4.27. The van der Waals surface area contributed by atoms with Gasteiger partial charge in [0, 0.05) is 6.42 Å². The van der Waals surface area contributed by atoms with Crippen molar-refractivity contribution in [3.8, 4) is 0 Å². The van der Waals surface area contributed by atoms with Gasteiger partial charge in [-0.2, -0.15) is 0 Å². The Morgan fingerprint density at radius 1 is 0.821 bits per heavy atom. The van der Waals surface area contributed by atoms with Gasteiger partial charge in [0.25, 0.3) is 5.91 Å². The number of rotatable bonds is 5. The van der Waals surface area contributed by atoms with Gasteiger partial charge in [0.05, 0.1) is 6.67 Å². The highest BCUT2D eigenvalue weighted by Gasteiger charge is 2.52. The van der Waals surface area contributed by atoms with E-state index in [0.717, 1.165) is 37.1 Å². The molecule has 146 valence electrons. The van der Waals surface area contributed by atoms with E-state index >= 15 is 0 Å². The Morgan fingerprint density at radius 2 is 1.43 bits per heavy atom. The summed E-state index contributed by atoms with van der Waals surface area (Å²) in [6.45, 7) is 2.25. The highest BCUT2D eigenvalue weighted by atomic mass is 16.2. The van der Waals surface area contributed by atoms with Gasteiger partial charge in [-0.15, -0.1) is 0 Å². The van der Waals surface area contributed by atoms with Crippen LogP contribution in [0, 0.1) is 0 Å². The van der Waals surface area contributed by atoms with Crippen LogP contribution in [0.3, 0.4) is 0 Å². The zero-order valence-electron chi connectivity index (χ0n) is 16.1. The van der Waals surface area contributed by atoms with Crippen LogP contribution in [0.25, 0.3) is 0 Å². The lowest BCUT2D eigenvalue weighted by Gasteiger charge is -2.29. The van der Waals surface area contributed by atoms with E-state index in [9.17, 15) is 9.59 Å². The van der Waals surface area contributed by atoms with E-state index in [1.54, 1.807) is 0 Å². The second-order valence-electron chi connectivity index (χ2n) is 7.77. The van der Waals surface area contributed by atoms with Crippen molar-refractivity contribution in [2.75, 3.05) is 19.8 Å². The van der Waals surface area contributed by atoms with Gasteiger partial charge < -0.3 is 5.32 Å². The molecule has 2 saturated heterocycles. The Balaban J connectivity index is 1.64. The Kier molecular flexibility index (Phi) is 5.44. The summed E-state index contributed by atoms with van der Waals surface area (Å²) < 4.78 is 0. The van der Waals surface area contributed by atoms with E-state index in [1.807, 2.05) is 60.7 Å². The standard InChI is InChI=1S/C23H27N3O2/c27-21-23(20-13-7-4-8-14-20,17-19-11-5-3-6-12-19)24-22(28)26(21)18-25-15-9-1-2-10-16-25/h3-8,11-14H,1-2,9-10,15-18H2,(H,24,28)/t23-/m0/s1. The first-order valence-electron chi connectivity index (χ1n) is 10.1. The van der Waals surface area contributed by atoms with Crippen molar-refractivity contribution < 1.29 is 9.59 Å². The number of likely N-dealkylation sites (tertiary alicyclic amines) is 1. The Labute approximate surface area is 166 Å². The maximum atomic E-state index is 13.6. The highest BCUT2D eigenvalue weighted by Crippen LogP contribution is 2.33. The summed E-state index contributed by atoms with van der Waals surface area (Å²) in [5.74, 6) is -0.156. The number of carbonyl (C=O) groups excluding carboxylic acids is 2. The molecule has 3 amide bonds. The van der Waals surface area contributed by atoms with Crippen molar-refractivity contribution in [3.63, 3.8) is 0 Å². The maximum absolute atomic E-state index is 13.6. The van der Waals surface area contributed by atoms with Crippen LogP contribution in [-0.2, 0) is 16.8 Å². The van der Waals surface area contributed by atoms with E-state index in [4.69, 9.17) is 0 Å². The molecule has 2 aliphatic rings. The zero-order valence-corrected chi connectivity index (χ0v) is 16.1. The predicted octanol–water partition coefficient (Wildman–Crippen LogP) is 3.51. The van der Waals surface area contributed by atoms with Crippen molar-refractivity contribution in [1.29, 1.82) is 0 Å². The molecule has 1 atom stereocenters. The van der Waals surface area contributed by atoms with Gasteiger partial charge >= 0.3 is 6.03 Å². The summed E-state index contributed by atoms with van der Waals surface area (Å²) in [5, 5.41) is 3.05. The largest absolute Gasteiger partial charge is 0.326 e. The predicted molar refractivity (Wildman–Crippen MR) is 109 cm³/mol. The van der Waals surface area contributed by atoms with Crippen LogP contribution >= 0.6 is 0 Å². The minimum Gasteiger partial charge on any atom is -0.319 e. The second-order valence-corrected chi connectivity index (χ2v) is 7.77. The first kappa shape index (κ1) is 18.7. The van der Waals surface area contributed by atoms with Crippen LogP contribution in [-0.4, -0.2) is 41.5 Å². The van der Waals surface area contributed by atoms with Crippen LogP contribution in [0.5, 0.6) is 0 Å². The lowest BCUT2D eigenvalue weighted by atomic mass is 9.83. The number of benzene rings is 2. The number of urea groups is 1. The molecular formula is C23H27N3O2. The van der Waals surface area contributed by atoms with Crippen LogP contribution in [0.1, 0.15) is 36.8 Å². The van der Waals surface area contributed by atoms with E-state index in [0.29, 0.717) is 13.1 Å². The number of nitrogens with zero attached hydrogens (tertiary/aromatic N) is 2. The van der Waals surface area contributed by atoms with Gasteiger partial charge in [-0.05, 0) is 37.1 Å². The summed E-state index contributed by atoms with van der Waals surface area (Å²) in [6.07, 6.45) is 5.13. The third-order valence-electron chi connectivity index (χ3n) is 5.79. The fourth-order valence-corrected chi connectivity index (χ4v) is 4.27. The molecular weight excluding hydrogens is 350 g/mol. The zero-order chi connectivity index (χ0) is 19.4. The molecule has 0 bridgehead atoms. The highest BCUT2D eigenvalue weighted by molar-refractivity contribution is 6.07. The molecule has 2 aromatic carbocycles. The molecule has 2 aromatic rings. The summed E-state index contributed by atoms with van der Waals surface area (Å²) in [5.41, 5.74) is 0.804. The maximum Gasteiger partial charge on any atom is 0.326 e. The minimum absolute atomic E-state index is 0.156. The molecule has 5 nitrogen and oxygen atoms in total. The monoisotopic (exact) mass is 377 g/mol. The molecule has 0 radical (unpaired) electrons. The molecule has 5 heteroatoms. The van der Waals surface area contributed by atoms with E-state index in [1.165, 1.54) is 17.7 Å². The number of carbonyl (C=O) groups is 2. The van der Waals surface area contributed by atoms with E-state index in [-0.39, 0.29) is 11.9 Å².